The lowest BCUT2D eigenvalue weighted by molar-refractivity contribution is -0.138. The molecule has 1 aromatic carbocycles. The monoisotopic (exact) mass is 409 g/mol. The van der Waals surface area contributed by atoms with Gasteiger partial charge in [-0.2, -0.15) is 18.4 Å². The molecule has 0 fully saturated rings. The molecule has 27 heavy (non-hydrogen) atoms. The Morgan fingerprint density at radius 1 is 1.26 bits per heavy atom. The van der Waals surface area contributed by atoms with Crippen LogP contribution in [-0.4, -0.2) is 9.97 Å². The summed E-state index contributed by atoms with van der Waals surface area (Å²) in [6.07, 6.45) is -3.10. The summed E-state index contributed by atoms with van der Waals surface area (Å²) in [7, 11) is 0. The topological polar surface area (TPSA) is 62.7 Å². The number of halogens is 4. The third-order valence-electron chi connectivity index (χ3n) is 3.55. The van der Waals surface area contributed by atoms with Crippen LogP contribution in [0.15, 0.2) is 46.0 Å². The maximum atomic E-state index is 13.1. The number of nitrogens with zero attached hydrogens (tertiary/aromatic N) is 3. The standard InChI is InChI=1S/C18H11ClF3N3OS/c1-10-6-14(18(20,21)22)13(7-23)17(25-10)27-9-16-24-8-15(26-16)11-2-4-12(19)5-3-11/h2-6,8H,9H2,1H3. The number of benzene rings is 1. The van der Waals surface area contributed by atoms with E-state index in [1.807, 2.05) is 0 Å². The van der Waals surface area contributed by atoms with Crippen LogP contribution in [0.25, 0.3) is 11.3 Å². The number of nitriles is 1. The molecule has 0 saturated heterocycles. The van der Waals surface area contributed by atoms with Crippen LogP contribution in [-0.2, 0) is 11.9 Å². The Kier molecular flexibility index (Phi) is 5.44. The number of aryl methyl sites for hydroxylation is 1. The molecule has 4 nitrogen and oxygen atoms in total. The minimum atomic E-state index is -4.63. The molecule has 0 aliphatic carbocycles. The maximum absolute atomic E-state index is 13.1. The van der Waals surface area contributed by atoms with Crippen molar-refractivity contribution in [3.63, 3.8) is 0 Å². The molecule has 0 bridgehead atoms. The number of rotatable bonds is 4. The minimum absolute atomic E-state index is 0.00364. The predicted octanol–water partition coefficient (Wildman–Crippen LogP) is 5.88. The van der Waals surface area contributed by atoms with Crippen molar-refractivity contribution in [3.05, 3.63) is 64.3 Å². The summed E-state index contributed by atoms with van der Waals surface area (Å²) in [5, 5.41) is 9.76. The van der Waals surface area contributed by atoms with Crippen molar-refractivity contribution in [2.24, 2.45) is 0 Å². The molecule has 2 aromatic heterocycles. The minimum Gasteiger partial charge on any atom is -0.440 e. The largest absolute Gasteiger partial charge is 0.440 e. The number of aromatic nitrogens is 2. The first-order chi connectivity index (χ1) is 12.8. The molecule has 138 valence electrons. The van der Waals surface area contributed by atoms with Crippen LogP contribution in [0.3, 0.4) is 0 Å². The van der Waals surface area contributed by atoms with Crippen LogP contribution < -0.4 is 0 Å². The number of thioether (sulfide) groups is 1. The summed E-state index contributed by atoms with van der Waals surface area (Å²) in [6.45, 7) is 1.45. The molecule has 9 heteroatoms. The van der Waals surface area contributed by atoms with Gasteiger partial charge >= 0.3 is 6.18 Å². The molecule has 0 aliphatic heterocycles. The maximum Gasteiger partial charge on any atom is 0.417 e. The molecular weight excluding hydrogens is 399 g/mol. The highest BCUT2D eigenvalue weighted by Gasteiger charge is 2.35. The second-order valence-corrected chi connectivity index (χ2v) is 6.92. The third-order valence-corrected chi connectivity index (χ3v) is 4.76. The summed E-state index contributed by atoms with van der Waals surface area (Å²) < 4.78 is 45.1. The first-order valence-corrected chi connectivity index (χ1v) is 8.96. The van der Waals surface area contributed by atoms with Gasteiger partial charge in [0.1, 0.15) is 11.1 Å². The zero-order chi connectivity index (χ0) is 19.6. The van der Waals surface area contributed by atoms with Gasteiger partial charge in [0.15, 0.2) is 5.76 Å². The molecule has 0 atom stereocenters. The van der Waals surface area contributed by atoms with E-state index in [4.69, 9.17) is 16.0 Å². The van der Waals surface area contributed by atoms with E-state index in [-0.39, 0.29) is 16.5 Å². The van der Waals surface area contributed by atoms with E-state index < -0.39 is 17.3 Å². The van der Waals surface area contributed by atoms with Crippen molar-refractivity contribution < 1.29 is 17.6 Å². The molecule has 3 aromatic rings. The second kappa shape index (κ2) is 7.62. The summed E-state index contributed by atoms with van der Waals surface area (Å²) in [5.74, 6) is 0.956. The van der Waals surface area contributed by atoms with Crippen molar-refractivity contribution in [3.8, 4) is 17.4 Å². The Balaban J connectivity index is 1.83. The van der Waals surface area contributed by atoms with Crippen molar-refractivity contribution in [2.45, 2.75) is 23.9 Å². The van der Waals surface area contributed by atoms with Crippen LogP contribution >= 0.6 is 23.4 Å². The smallest absolute Gasteiger partial charge is 0.417 e. The fraction of sp³-hybridized carbons (Fsp3) is 0.167. The molecule has 0 spiro atoms. The van der Waals surface area contributed by atoms with Gasteiger partial charge < -0.3 is 4.42 Å². The van der Waals surface area contributed by atoms with E-state index in [2.05, 4.69) is 9.97 Å². The Morgan fingerprint density at radius 3 is 2.59 bits per heavy atom. The highest BCUT2D eigenvalue weighted by Crippen LogP contribution is 2.36. The molecule has 3 rings (SSSR count). The van der Waals surface area contributed by atoms with E-state index in [9.17, 15) is 18.4 Å². The molecule has 0 amide bonds. The zero-order valence-electron chi connectivity index (χ0n) is 13.8. The van der Waals surface area contributed by atoms with Crippen molar-refractivity contribution in [1.82, 2.24) is 9.97 Å². The second-order valence-electron chi connectivity index (χ2n) is 5.51. The van der Waals surface area contributed by atoms with Crippen LogP contribution in [0, 0.1) is 18.3 Å². The highest BCUT2D eigenvalue weighted by molar-refractivity contribution is 7.98. The van der Waals surface area contributed by atoms with Gasteiger partial charge in [-0.25, -0.2) is 9.97 Å². The average Bonchev–Trinajstić information content (AvgIpc) is 3.08. The number of pyridine rings is 1. The summed E-state index contributed by atoms with van der Waals surface area (Å²) in [6, 6.07) is 9.43. The van der Waals surface area contributed by atoms with Crippen molar-refractivity contribution >= 4 is 23.4 Å². The molecule has 0 radical (unpaired) electrons. The van der Waals surface area contributed by atoms with Gasteiger partial charge in [-0.15, -0.1) is 0 Å². The van der Waals surface area contributed by atoms with E-state index in [1.54, 1.807) is 30.3 Å². The van der Waals surface area contributed by atoms with Crippen LogP contribution in [0.4, 0.5) is 13.2 Å². The Hall–Kier alpha value is -2.50. The quantitative estimate of drug-likeness (QED) is 0.503. The normalized spacial score (nSPS) is 11.4. The summed E-state index contributed by atoms with van der Waals surface area (Å²) in [5.41, 5.74) is -0.538. The number of hydrogen-bond acceptors (Lipinski definition) is 5. The molecule has 0 N–H and O–H groups in total. The van der Waals surface area contributed by atoms with Gasteiger partial charge in [-0.05, 0) is 37.3 Å². The Labute approximate surface area is 162 Å². The lowest BCUT2D eigenvalue weighted by atomic mass is 10.1. The van der Waals surface area contributed by atoms with Crippen molar-refractivity contribution in [1.29, 1.82) is 5.26 Å². The lowest BCUT2D eigenvalue weighted by Gasteiger charge is -2.12. The van der Waals surface area contributed by atoms with Crippen molar-refractivity contribution in [2.75, 3.05) is 0 Å². The molecule has 0 aliphatic rings. The fourth-order valence-electron chi connectivity index (χ4n) is 2.34. The lowest BCUT2D eigenvalue weighted by Crippen LogP contribution is -2.10. The van der Waals surface area contributed by atoms with E-state index in [1.165, 1.54) is 13.1 Å². The first kappa shape index (κ1) is 19.3. The first-order valence-electron chi connectivity index (χ1n) is 7.60. The third kappa shape index (κ3) is 4.43. The Morgan fingerprint density at radius 2 is 1.96 bits per heavy atom. The average molecular weight is 410 g/mol. The van der Waals surface area contributed by atoms with E-state index in [0.717, 1.165) is 23.4 Å². The summed E-state index contributed by atoms with van der Waals surface area (Å²) in [4.78, 5) is 8.19. The SMILES string of the molecule is Cc1cc(C(F)(F)F)c(C#N)c(SCc2ncc(-c3ccc(Cl)cc3)o2)n1. The molecule has 2 heterocycles. The number of alkyl halides is 3. The highest BCUT2D eigenvalue weighted by atomic mass is 35.5. The Bertz CT molecular complexity index is 1010. The van der Waals surface area contributed by atoms with Crippen LogP contribution in [0.1, 0.15) is 22.7 Å². The van der Waals surface area contributed by atoms with Crippen LogP contribution in [0.5, 0.6) is 0 Å². The van der Waals surface area contributed by atoms with Gasteiger partial charge in [0.2, 0.25) is 5.89 Å². The summed E-state index contributed by atoms with van der Waals surface area (Å²) >= 11 is 6.81. The molecular formula is C18H11ClF3N3OS. The zero-order valence-corrected chi connectivity index (χ0v) is 15.4. The fourth-order valence-corrected chi connectivity index (χ4v) is 3.36. The predicted molar refractivity (Wildman–Crippen MR) is 95.2 cm³/mol. The molecule has 0 saturated carbocycles. The number of hydrogen-bond donors (Lipinski definition) is 0. The van der Waals surface area contributed by atoms with Gasteiger partial charge in [-0.3, -0.25) is 0 Å². The van der Waals surface area contributed by atoms with Gasteiger partial charge in [-0.1, -0.05) is 23.4 Å². The van der Waals surface area contributed by atoms with E-state index in [0.29, 0.717) is 16.7 Å². The van der Waals surface area contributed by atoms with E-state index >= 15 is 0 Å². The van der Waals surface area contributed by atoms with Gasteiger partial charge in [0.05, 0.1) is 23.1 Å². The van der Waals surface area contributed by atoms with Gasteiger partial charge in [0.25, 0.3) is 0 Å². The molecule has 0 unspecified atom stereocenters. The van der Waals surface area contributed by atoms with Crippen LogP contribution in [0.2, 0.25) is 5.02 Å². The number of oxazole rings is 1. The van der Waals surface area contributed by atoms with Gasteiger partial charge in [0, 0.05) is 16.3 Å².